The van der Waals surface area contributed by atoms with E-state index in [1.54, 1.807) is 19.1 Å². The number of likely N-dealkylation sites (N-methyl/N-ethyl adjacent to an activating group) is 1. The summed E-state index contributed by atoms with van der Waals surface area (Å²) in [5, 5.41) is 3.44. The summed E-state index contributed by atoms with van der Waals surface area (Å²) < 4.78 is 10.8. The van der Waals surface area contributed by atoms with Crippen LogP contribution in [0.4, 0.5) is 22.7 Å². The van der Waals surface area contributed by atoms with Crippen LogP contribution in [0.2, 0.25) is 0 Å². The fourth-order valence-corrected chi connectivity index (χ4v) is 3.75. The van der Waals surface area contributed by atoms with Gasteiger partial charge in [-0.2, -0.15) is 0 Å². The Kier molecular flexibility index (Phi) is 8.59. The molecule has 31 heavy (non-hydrogen) atoms. The van der Waals surface area contributed by atoms with Crippen LogP contribution in [0.1, 0.15) is 39.0 Å². The van der Waals surface area contributed by atoms with Crippen molar-refractivity contribution in [1.82, 2.24) is 0 Å². The molecule has 1 N–H and O–H groups in total. The van der Waals surface area contributed by atoms with Crippen molar-refractivity contribution >= 4 is 28.7 Å². The third-order valence-electron chi connectivity index (χ3n) is 5.63. The number of hydrogen-bond acceptors (Lipinski definition) is 5. The van der Waals surface area contributed by atoms with Gasteiger partial charge in [0.2, 0.25) is 0 Å². The van der Waals surface area contributed by atoms with Crippen LogP contribution < -0.4 is 19.9 Å². The second kappa shape index (κ2) is 11.6. The Morgan fingerprint density at radius 2 is 1.74 bits per heavy atom. The third-order valence-corrected chi connectivity index (χ3v) is 5.63. The van der Waals surface area contributed by atoms with Crippen molar-refractivity contribution in [3.63, 3.8) is 0 Å². The first-order valence-electron chi connectivity index (χ1n) is 11.3. The van der Waals surface area contributed by atoms with E-state index in [1.165, 1.54) is 24.9 Å². The Labute approximate surface area is 186 Å². The molecule has 0 atom stereocenters. The average Bonchev–Trinajstić information content (AvgIpc) is 2.79. The molecule has 0 aliphatic carbocycles. The quantitative estimate of drug-likeness (QED) is 0.473. The molecular formula is C25H35N3O3. The minimum absolute atomic E-state index is 0.0329. The first-order chi connectivity index (χ1) is 15.1. The Bertz CT molecular complexity index is 838. The van der Waals surface area contributed by atoms with Gasteiger partial charge in [0.05, 0.1) is 5.69 Å². The lowest BCUT2D eigenvalue weighted by Crippen LogP contribution is -2.35. The zero-order valence-electron chi connectivity index (χ0n) is 19.0. The van der Waals surface area contributed by atoms with E-state index in [0.717, 1.165) is 55.3 Å². The first kappa shape index (κ1) is 22.9. The first-order valence-corrected chi connectivity index (χ1v) is 11.3. The van der Waals surface area contributed by atoms with E-state index in [9.17, 15) is 4.79 Å². The number of anilines is 4. The molecule has 0 bridgehead atoms. The normalized spacial score (nSPS) is 13.0. The number of nitrogens with one attached hydrogen (secondary N) is 1. The molecular weight excluding hydrogens is 390 g/mol. The number of carbonyl (C=O) groups is 1. The van der Waals surface area contributed by atoms with Crippen molar-refractivity contribution in [3.05, 3.63) is 42.5 Å². The van der Waals surface area contributed by atoms with Gasteiger partial charge in [0.1, 0.15) is 5.75 Å². The van der Waals surface area contributed by atoms with Crippen molar-refractivity contribution in [1.29, 1.82) is 0 Å². The smallest absolute Gasteiger partial charge is 0.264 e. The molecule has 0 saturated carbocycles. The number of fused-ring (bicyclic) bond motifs is 1. The zero-order chi connectivity index (χ0) is 22.1. The van der Waals surface area contributed by atoms with Crippen LogP contribution in [0.3, 0.4) is 0 Å². The lowest BCUT2D eigenvalue weighted by molar-refractivity contribution is -0.120. The topological polar surface area (TPSA) is 54.0 Å². The average molecular weight is 426 g/mol. The van der Waals surface area contributed by atoms with E-state index in [2.05, 4.69) is 41.4 Å². The predicted molar refractivity (Wildman–Crippen MR) is 128 cm³/mol. The third kappa shape index (κ3) is 6.37. The SMILES string of the molecule is CCCCCN(CCCCOC)c1ccc(Nc2ccc3c(c2)OCC(=O)N3C)cc1. The molecule has 1 aliphatic rings. The van der Waals surface area contributed by atoms with Crippen molar-refractivity contribution in [2.75, 3.05) is 55.6 Å². The number of benzene rings is 2. The number of amides is 1. The molecule has 0 aromatic heterocycles. The van der Waals surface area contributed by atoms with E-state index in [-0.39, 0.29) is 12.5 Å². The minimum atomic E-state index is -0.0329. The molecule has 0 fully saturated rings. The van der Waals surface area contributed by atoms with Gasteiger partial charge in [0.15, 0.2) is 6.61 Å². The Morgan fingerprint density at radius 1 is 1.03 bits per heavy atom. The number of carbonyl (C=O) groups excluding carboxylic acids is 1. The highest BCUT2D eigenvalue weighted by Gasteiger charge is 2.22. The van der Waals surface area contributed by atoms with Crippen LogP contribution in [0.15, 0.2) is 42.5 Å². The summed E-state index contributed by atoms with van der Waals surface area (Å²) in [7, 11) is 3.54. The summed E-state index contributed by atoms with van der Waals surface area (Å²) in [4.78, 5) is 15.9. The van der Waals surface area contributed by atoms with E-state index in [1.807, 2.05) is 18.2 Å². The number of rotatable bonds is 12. The maximum absolute atomic E-state index is 11.8. The Hall–Kier alpha value is -2.73. The maximum Gasteiger partial charge on any atom is 0.264 e. The highest BCUT2D eigenvalue weighted by Crippen LogP contribution is 2.34. The van der Waals surface area contributed by atoms with Gasteiger partial charge in [-0.3, -0.25) is 4.79 Å². The summed E-state index contributed by atoms with van der Waals surface area (Å²) in [5.41, 5.74) is 4.02. The second-order valence-corrected chi connectivity index (χ2v) is 7.99. The number of nitrogens with zero attached hydrogens (tertiary/aromatic N) is 2. The molecule has 2 aromatic rings. The Balaban J connectivity index is 1.64. The van der Waals surface area contributed by atoms with Crippen LogP contribution in [0.5, 0.6) is 5.75 Å². The van der Waals surface area contributed by atoms with E-state index < -0.39 is 0 Å². The van der Waals surface area contributed by atoms with Gasteiger partial charge >= 0.3 is 0 Å². The molecule has 0 saturated heterocycles. The Morgan fingerprint density at radius 3 is 2.45 bits per heavy atom. The molecule has 3 rings (SSSR count). The maximum atomic E-state index is 11.8. The molecule has 0 unspecified atom stereocenters. The van der Waals surface area contributed by atoms with Gasteiger partial charge in [0.25, 0.3) is 5.91 Å². The van der Waals surface area contributed by atoms with Gasteiger partial charge < -0.3 is 24.6 Å². The number of hydrogen-bond donors (Lipinski definition) is 1. The number of methoxy groups -OCH3 is 1. The van der Waals surface area contributed by atoms with Crippen LogP contribution in [0, 0.1) is 0 Å². The molecule has 168 valence electrons. The minimum Gasteiger partial charge on any atom is -0.481 e. The molecule has 1 aliphatic heterocycles. The van der Waals surface area contributed by atoms with Crippen molar-refractivity contribution < 1.29 is 14.3 Å². The largest absolute Gasteiger partial charge is 0.481 e. The van der Waals surface area contributed by atoms with Gasteiger partial charge in [-0.05, 0) is 55.7 Å². The fraction of sp³-hybridized carbons (Fsp3) is 0.480. The number of unbranched alkanes of at least 4 members (excludes halogenated alkanes) is 3. The van der Waals surface area contributed by atoms with Crippen molar-refractivity contribution in [3.8, 4) is 5.75 Å². The van der Waals surface area contributed by atoms with E-state index >= 15 is 0 Å². The summed E-state index contributed by atoms with van der Waals surface area (Å²) in [6.07, 6.45) is 5.92. The standard InChI is InChI=1S/C25H35N3O3/c1-4-5-6-15-28(16-7-8-17-30-3)22-12-9-20(10-13-22)26-21-11-14-23-24(18-21)31-19-25(29)27(23)2/h9-14,18,26H,4-8,15-17,19H2,1-3H3. The van der Waals surface area contributed by atoms with E-state index in [0.29, 0.717) is 0 Å². The van der Waals surface area contributed by atoms with Gasteiger partial charge in [-0.25, -0.2) is 0 Å². The lowest BCUT2D eigenvalue weighted by Gasteiger charge is -2.26. The molecule has 1 heterocycles. The van der Waals surface area contributed by atoms with Gasteiger partial charge in [-0.15, -0.1) is 0 Å². The van der Waals surface area contributed by atoms with Crippen molar-refractivity contribution in [2.24, 2.45) is 0 Å². The summed E-state index contributed by atoms with van der Waals surface area (Å²) in [6, 6.07) is 14.4. The highest BCUT2D eigenvalue weighted by molar-refractivity contribution is 5.97. The van der Waals surface area contributed by atoms with Crippen LogP contribution in [0.25, 0.3) is 0 Å². The summed E-state index contributed by atoms with van der Waals surface area (Å²) >= 11 is 0. The van der Waals surface area contributed by atoms with Gasteiger partial charge in [0, 0.05) is 57.0 Å². The lowest BCUT2D eigenvalue weighted by atomic mass is 10.2. The molecule has 0 spiro atoms. The summed E-state index contributed by atoms with van der Waals surface area (Å²) in [6.45, 7) is 5.28. The molecule has 1 amide bonds. The highest BCUT2D eigenvalue weighted by atomic mass is 16.5. The predicted octanol–water partition coefficient (Wildman–Crippen LogP) is 5.21. The van der Waals surface area contributed by atoms with Crippen molar-refractivity contribution in [2.45, 2.75) is 39.0 Å². The zero-order valence-corrected chi connectivity index (χ0v) is 19.0. The fourth-order valence-electron chi connectivity index (χ4n) is 3.75. The molecule has 2 aromatic carbocycles. The molecule has 0 radical (unpaired) electrons. The van der Waals surface area contributed by atoms with Crippen LogP contribution >= 0.6 is 0 Å². The van der Waals surface area contributed by atoms with Crippen LogP contribution in [-0.2, 0) is 9.53 Å². The number of ether oxygens (including phenoxy) is 2. The molecule has 6 heteroatoms. The van der Waals surface area contributed by atoms with Crippen LogP contribution in [-0.4, -0.2) is 46.4 Å². The summed E-state index contributed by atoms with van der Waals surface area (Å²) in [5.74, 6) is 0.691. The second-order valence-electron chi connectivity index (χ2n) is 7.99. The van der Waals surface area contributed by atoms with Gasteiger partial charge in [-0.1, -0.05) is 19.8 Å². The molecule has 6 nitrogen and oxygen atoms in total. The monoisotopic (exact) mass is 425 g/mol. The van der Waals surface area contributed by atoms with E-state index in [4.69, 9.17) is 9.47 Å².